The average molecular weight is 500 g/mol. The van der Waals surface area contributed by atoms with E-state index in [1.54, 1.807) is 24.3 Å². The number of halogens is 1. The van der Waals surface area contributed by atoms with Crippen molar-refractivity contribution < 1.29 is 18.3 Å². The minimum atomic E-state index is -4.01. The molecule has 2 aliphatic rings. The first-order valence-electron chi connectivity index (χ1n) is 10.8. The molecule has 3 heterocycles. The molecule has 2 bridgehead atoms. The van der Waals surface area contributed by atoms with E-state index in [-0.39, 0.29) is 38.6 Å². The number of piperidine rings is 1. The molecule has 10 heteroatoms. The smallest absolute Gasteiger partial charge is 0.335 e. The van der Waals surface area contributed by atoms with E-state index in [1.165, 1.54) is 30.3 Å². The van der Waals surface area contributed by atoms with E-state index >= 15 is 0 Å². The Morgan fingerprint density at radius 1 is 1.03 bits per heavy atom. The number of hydrogen-bond acceptors (Lipinski definition) is 5. The van der Waals surface area contributed by atoms with Crippen LogP contribution in [0.5, 0.6) is 0 Å². The molecule has 3 aromatic rings. The molecule has 1 aromatic heterocycles. The van der Waals surface area contributed by atoms with Crippen LogP contribution in [0.1, 0.15) is 28.4 Å². The summed E-state index contributed by atoms with van der Waals surface area (Å²) in [5.74, 6) is -0.834. The fourth-order valence-electron chi connectivity index (χ4n) is 4.96. The topological polar surface area (TPSA) is 109 Å². The van der Waals surface area contributed by atoms with Gasteiger partial charge in [0.2, 0.25) is 0 Å². The Balaban J connectivity index is 1.53. The van der Waals surface area contributed by atoms with Crippen LogP contribution in [0.4, 0.5) is 11.4 Å². The van der Waals surface area contributed by atoms with E-state index in [1.807, 2.05) is 10.6 Å². The Kier molecular flexibility index (Phi) is 5.61. The van der Waals surface area contributed by atoms with Crippen molar-refractivity contribution in [1.82, 2.24) is 4.57 Å². The molecule has 0 aliphatic carbocycles. The standard InChI is InChI=1S/C24H22ClN3O5S/c25-18-3-1-4-19(11-18)34(32,33)26-20-10-16(24(30)31)7-8-22(20)27-12-15-9-17(14-27)21-5-2-6-23(29)28(21)13-15/h1-8,10-11,15,17,26H,9,12-14H2,(H,30,31). The van der Waals surface area contributed by atoms with Crippen LogP contribution in [0.2, 0.25) is 5.02 Å². The summed E-state index contributed by atoms with van der Waals surface area (Å²) >= 11 is 5.98. The van der Waals surface area contributed by atoms with E-state index in [2.05, 4.69) is 9.62 Å². The van der Waals surface area contributed by atoms with Crippen LogP contribution in [-0.2, 0) is 16.6 Å². The molecule has 0 amide bonds. The summed E-state index contributed by atoms with van der Waals surface area (Å²) in [5.41, 5.74) is 1.71. The number of aromatic carboxylic acids is 1. The van der Waals surface area contributed by atoms with Gasteiger partial charge in [0.15, 0.2) is 0 Å². The summed E-state index contributed by atoms with van der Waals surface area (Å²) in [4.78, 5) is 26.0. The maximum Gasteiger partial charge on any atom is 0.335 e. The van der Waals surface area contributed by atoms with E-state index < -0.39 is 16.0 Å². The van der Waals surface area contributed by atoms with Crippen molar-refractivity contribution in [2.24, 2.45) is 5.92 Å². The van der Waals surface area contributed by atoms with Crippen LogP contribution >= 0.6 is 11.6 Å². The van der Waals surface area contributed by atoms with Gasteiger partial charge in [-0.1, -0.05) is 23.7 Å². The number of nitrogens with zero attached hydrogens (tertiary/aromatic N) is 2. The summed E-state index contributed by atoms with van der Waals surface area (Å²) in [6.07, 6.45) is 0.941. The van der Waals surface area contributed by atoms with E-state index in [0.717, 1.165) is 12.1 Å². The van der Waals surface area contributed by atoms with Gasteiger partial charge in [0.1, 0.15) is 0 Å². The second-order valence-electron chi connectivity index (χ2n) is 8.70. The molecule has 0 saturated carbocycles. The first kappa shape index (κ1) is 22.5. The molecule has 0 spiro atoms. The van der Waals surface area contributed by atoms with Gasteiger partial charge in [0.25, 0.3) is 15.6 Å². The second-order valence-corrected chi connectivity index (χ2v) is 10.8. The molecule has 2 unspecified atom stereocenters. The van der Waals surface area contributed by atoms with Crippen molar-refractivity contribution in [2.75, 3.05) is 22.7 Å². The third kappa shape index (κ3) is 4.17. The number of pyridine rings is 1. The van der Waals surface area contributed by atoms with Crippen molar-refractivity contribution in [1.29, 1.82) is 0 Å². The molecule has 1 fully saturated rings. The predicted octanol–water partition coefficient (Wildman–Crippen LogP) is 3.62. The molecule has 2 atom stereocenters. The number of rotatable bonds is 5. The maximum atomic E-state index is 13.1. The number of carbonyl (C=O) groups is 1. The number of fused-ring (bicyclic) bond motifs is 4. The average Bonchev–Trinajstić information content (AvgIpc) is 2.79. The van der Waals surface area contributed by atoms with Crippen molar-refractivity contribution in [3.63, 3.8) is 0 Å². The van der Waals surface area contributed by atoms with Gasteiger partial charge >= 0.3 is 5.97 Å². The summed E-state index contributed by atoms with van der Waals surface area (Å²) in [7, 11) is -4.01. The number of hydrogen-bond donors (Lipinski definition) is 2. The largest absolute Gasteiger partial charge is 0.478 e. The second kappa shape index (κ2) is 8.48. The lowest BCUT2D eigenvalue weighted by Crippen LogP contribution is -2.47. The summed E-state index contributed by atoms with van der Waals surface area (Å²) in [5, 5.41) is 9.77. The molecule has 2 aliphatic heterocycles. The minimum absolute atomic E-state index is 0.0126. The summed E-state index contributed by atoms with van der Waals surface area (Å²) in [6.45, 7) is 1.80. The fraction of sp³-hybridized carbons (Fsp3) is 0.250. The molecule has 176 valence electrons. The highest BCUT2D eigenvalue weighted by Crippen LogP contribution is 2.39. The van der Waals surface area contributed by atoms with E-state index in [0.29, 0.717) is 25.3 Å². The Labute approximate surface area is 201 Å². The molecule has 34 heavy (non-hydrogen) atoms. The van der Waals surface area contributed by atoms with Gasteiger partial charge in [-0.05, 0) is 54.8 Å². The molecule has 1 saturated heterocycles. The first-order valence-corrected chi connectivity index (χ1v) is 12.7. The summed E-state index contributed by atoms with van der Waals surface area (Å²) < 4.78 is 30.6. The zero-order valence-corrected chi connectivity index (χ0v) is 19.6. The Hall–Kier alpha value is -3.30. The monoisotopic (exact) mass is 499 g/mol. The highest BCUT2D eigenvalue weighted by atomic mass is 35.5. The van der Waals surface area contributed by atoms with Gasteiger partial charge in [-0.15, -0.1) is 0 Å². The SMILES string of the molecule is O=C(O)c1ccc(N2CC3CC(C2)c2cccc(=O)n2C3)c(NS(=O)(=O)c2cccc(Cl)c2)c1. The van der Waals surface area contributed by atoms with Crippen LogP contribution in [0.25, 0.3) is 0 Å². The Bertz CT molecular complexity index is 1450. The highest BCUT2D eigenvalue weighted by Gasteiger charge is 2.35. The zero-order chi connectivity index (χ0) is 24.0. The number of carboxylic acid groups (broad SMARTS) is 1. The number of carboxylic acids is 1. The quantitative estimate of drug-likeness (QED) is 0.555. The molecular weight excluding hydrogens is 478 g/mol. The van der Waals surface area contributed by atoms with Gasteiger partial charge in [-0.3, -0.25) is 9.52 Å². The number of nitrogens with one attached hydrogen (secondary N) is 1. The van der Waals surface area contributed by atoms with Crippen LogP contribution in [-0.4, -0.2) is 37.2 Å². The van der Waals surface area contributed by atoms with Crippen LogP contribution in [0, 0.1) is 5.92 Å². The number of sulfonamides is 1. The number of anilines is 2. The minimum Gasteiger partial charge on any atom is -0.478 e. The molecule has 5 rings (SSSR count). The zero-order valence-electron chi connectivity index (χ0n) is 18.0. The lowest BCUT2D eigenvalue weighted by molar-refractivity contribution is 0.0697. The fourth-order valence-corrected chi connectivity index (χ4v) is 6.32. The number of aromatic nitrogens is 1. The summed E-state index contributed by atoms with van der Waals surface area (Å²) in [6, 6.07) is 15.6. The number of benzene rings is 2. The maximum absolute atomic E-state index is 13.1. The Morgan fingerprint density at radius 3 is 2.59 bits per heavy atom. The van der Waals surface area contributed by atoms with E-state index in [9.17, 15) is 23.1 Å². The van der Waals surface area contributed by atoms with Gasteiger partial charge < -0.3 is 14.6 Å². The predicted molar refractivity (Wildman–Crippen MR) is 129 cm³/mol. The van der Waals surface area contributed by atoms with Gasteiger partial charge in [0.05, 0.1) is 21.8 Å². The lowest BCUT2D eigenvalue weighted by Gasteiger charge is -2.44. The van der Waals surface area contributed by atoms with Crippen molar-refractivity contribution >= 4 is 39.0 Å². The highest BCUT2D eigenvalue weighted by molar-refractivity contribution is 7.92. The van der Waals surface area contributed by atoms with Crippen molar-refractivity contribution in [2.45, 2.75) is 23.8 Å². The van der Waals surface area contributed by atoms with Gasteiger partial charge in [0, 0.05) is 42.3 Å². The van der Waals surface area contributed by atoms with Crippen molar-refractivity contribution in [3.8, 4) is 0 Å². The molecule has 0 radical (unpaired) electrons. The third-order valence-corrected chi connectivity index (χ3v) is 8.01. The third-order valence-electron chi connectivity index (χ3n) is 6.41. The normalized spacial score (nSPS) is 19.4. The van der Waals surface area contributed by atoms with Crippen LogP contribution in [0.15, 0.2) is 70.4 Å². The molecule has 8 nitrogen and oxygen atoms in total. The molecule has 2 aromatic carbocycles. The first-order chi connectivity index (χ1) is 16.2. The van der Waals surface area contributed by atoms with Gasteiger partial charge in [-0.2, -0.15) is 0 Å². The van der Waals surface area contributed by atoms with Crippen molar-refractivity contribution in [3.05, 3.63) is 87.3 Å². The van der Waals surface area contributed by atoms with Crippen LogP contribution < -0.4 is 15.2 Å². The van der Waals surface area contributed by atoms with Gasteiger partial charge in [-0.25, -0.2) is 13.2 Å². The Morgan fingerprint density at radius 2 is 1.82 bits per heavy atom. The van der Waals surface area contributed by atoms with E-state index in [4.69, 9.17) is 11.6 Å². The molecular formula is C24H22ClN3O5S. The lowest BCUT2D eigenvalue weighted by atomic mass is 9.83. The molecule has 2 N–H and O–H groups in total. The van der Waals surface area contributed by atoms with Crippen LogP contribution in [0.3, 0.4) is 0 Å².